The first-order valence-corrected chi connectivity index (χ1v) is 33.1. The Bertz CT molecular complexity index is 3500. The lowest BCUT2D eigenvalue weighted by Gasteiger charge is -2.39. The Balaban J connectivity index is 1.49. The van der Waals surface area contributed by atoms with Gasteiger partial charge in [-0.1, -0.05) is 181 Å². The van der Waals surface area contributed by atoms with Gasteiger partial charge in [-0.15, -0.1) is 11.8 Å². The number of halogens is 1. The fourth-order valence-electron chi connectivity index (χ4n) is 10.9. The minimum absolute atomic E-state index is 0.0132. The third-order valence-electron chi connectivity index (χ3n) is 15.2. The minimum atomic E-state index is -1.77. The molecule has 0 aliphatic rings. The fourth-order valence-corrected chi connectivity index (χ4v) is 12.7. The summed E-state index contributed by atoms with van der Waals surface area (Å²) < 4.78 is 22.9. The molecule has 506 valence electrons. The number of carbonyl (C=O) groups excluding carboxylic acids is 8. The number of ether oxygens (including phenoxy) is 4. The van der Waals surface area contributed by atoms with Crippen LogP contribution in [0.25, 0.3) is 0 Å². The van der Waals surface area contributed by atoms with Gasteiger partial charge in [-0.25, -0.2) is 4.79 Å². The third-order valence-corrected chi connectivity index (χ3v) is 17.2. The monoisotopic (exact) mass is 1330 g/mol. The number of nitrogens with zero attached hydrogens (tertiary/aromatic N) is 1. The van der Waals surface area contributed by atoms with Gasteiger partial charge in [-0.05, 0) is 105 Å². The Morgan fingerprint density at radius 2 is 0.926 bits per heavy atom. The van der Waals surface area contributed by atoms with Gasteiger partial charge >= 0.3 is 23.9 Å². The van der Waals surface area contributed by atoms with Crippen molar-refractivity contribution in [2.24, 2.45) is 28.3 Å². The van der Waals surface area contributed by atoms with Gasteiger partial charge in [-0.3, -0.25) is 38.6 Å². The Morgan fingerprint density at radius 3 is 1.41 bits per heavy atom. The predicted molar refractivity (Wildman–Crippen MR) is 371 cm³/mol. The van der Waals surface area contributed by atoms with Gasteiger partial charge in [0, 0.05) is 59.8 Å². The van der Waals surface area contributed by atoms with Crippen molar-refractivity contribution in [1.29, 1.82) is 0 Å². The number of carbonyl (C=O) groups is 8. The number of nitrogens with one attached hydrogen (secondary N) is 3. The number of rotatable bonds is 31. The number of aryl methyl sites for hydroxylation is 1. The number of esters is 4. The average molecular weight is 1340 g/mol. The molecule has 7 N–H and O–H groups in total. The molecule has 1 unspecified atom stereocenters. The zero-order chi connectivity index (χ0) is 69.7. The molecule has 6 rings (SSSR count). The van der Waals surface area contributed by atoms with Crippen molar-refractivity contribution in [3.63, 3.8) is 0 Å². The second-order valence-corrected chi connectivity index (χ2v) is 28.1. The number of Topliss-reactive ketones (excluding diaryl/α,β-unsaturated/α-hetero) is 2. The summed E-state index contributed by atoms with van der Waals surface area (Å²) in [6.07, 6.45) is -3.00. The number of nitrogens with two attached hydrogens (primary N) is 2. The molecule has 20 heteroatoms. The molecule has 6 aromatic carbocycles. The lowest BCUT2D eigenvalue weighted by molar-refractivity contribution is -0.160. The molecule has 0 aliphatic heterocycles. The van der Waals surface area contributed by atoms with Gasteiger partial charge in [0.15, 0.2) is 23.1 Å². The largest absolute Gasteiger partial charge is 0.460 e. The van der Waals surface area contributed by atoms with Gasteiger partial charge in [0.2, 0.25) is 11.8 Å². The number of aliphatic imine (C=N–C) groups is 1. The second kappa shape index (κ2) is 34.1. The molecule has 0 saturated heterocycles. The number of hydrogen-bond acceptors (Lipinski definition) is 15. The van der Waals surface area contributed by atoms with Crippen LogP contribution in [-0.4, -0.2) is 107 Å². The summed E-state index contributed by atoms with van der Waals surface area (Å²) in [4.78, 5) is 121. The lowest BCUT2D eigenvalue weighted by Crippen LogP contribution is -2.51. The molecule has 0 saturated carbocycles. The van der Waals surface area contributed by atoms with E-state index in [-0.39, 0.29) is 36.1 Å². The van der Waals surface area contributed by atoms with Gasteiger partial charge in [0.1, 0.15) is 22.8 Å². The number of guanidine groups is 1. The Labute approximate surface area is 567 Å². The molecule has 95 heavy (non-hydrogen) atoms. The maximum Gasteiger partial charge on any atom is 0.331 e. The van der Waals surface area contributed by atoms with E-state index in [2.05, 4.69) is 20.9 Å². The van der Waals surface area contributed by atoms with Gasteiger partial charge in [0.05, 0.1) is 42.0 Å². The van der Waals surface area contributed by atoms with Crippen LogP contribution in [0.15, 0.2) is 175 Å². The summed E-state index contributed by atoms with van der Waals surface area (Å²) in [6, 6.07) is 48.0. The standard InChI is InChI=1S/C75H91ClN6O12S/c1-49-38-40-53(41-39-49)74(52-28-16-12-17-29-52,57-36-24-25-37-58(57)76)94-69(90)61(48-95-75(54-30-18-13-19-31-54,55-32-20-14-21-33-55)56-34-22-15-23-35-56)82-68(89)51(45-64(85)91-71(2,3)4)44-63(84)60(47-66(87)93-73(8,9)10)81-67(88)50(27-26-42-80-70(78)79-11)43-62(83)59(77)46-65(86)92-72(5,6)7/h12-25,28-41,50-51,59-61H,26-27,42-48,77H2,1-11H3,(H,81,88)(H,82,89)(H3,78,79,80)/t50-,51+,59+,60+,61+,74?/m1/s1. The molecule has 0 fully saturated rings. The summed E-state index contributed by atoms with van der Waals surface area (Å²) in [5.41, 5.74) is 12.3. The van der Waals surface area contributed by atoms with E-state index in [0.717, 1.165) is 22.3 Å². The average Bonchev–Trinajstić information content (AvgIpc) is 0.751. The Hall–Kier alpha value is -8.65. The van der Waals surface area contributed by atoms with Crippen LogP contribution < -0.4 is 27.4 Å². The first kappa shape index (κ1) is 75.4. The van der Waals surface area contributed by atoms with Crippen LogP contribution in [0.3, 0.4) is 0 Å². The first-order valence-electron chi connectivity index (χ1n) is 31.8. The van der Waals surface area contributed by atoms with Crippen LogP contribution in [0.5, 0.6) is 0 Å². The highest BCUT2D eigenvalue weighted by Gasteiger charge is 2.46. The fraction of sp³-hybridized carbons (Fsp3) is 0.400. The van der Waals surface area contributed by atoms with Gasteiger partial charge in [0.25, 0.3) is 0 Å². The quantitative estimate of drug-likeness (QED) is 0.00676. The van der Waals surface area contributed by atoms with E-state index in [0.29, 0.717) is 16.7 Å². The summed E-state index contributed by atoms with van der Waals surface area (Å²) in [5.74, 6) is -9.71. The van der Waals surface area contributed by atoms with E-state index in [1.165, 1.54) is 18.8 Å². The lowest BCUT2D eigenvalue weighted by atomic mass is 9.79. The number of ketones is 2. The van der Waals surface area contributed by atoms with E-state index >= 15 is 14.4 Å². The summed E-state index contributed by atoms with van der Waals surface area (Å²) >= 11 is 8.55. The normalized spacial score (nSPS) is 14.3. The van der Waals surface area contributed by atoms with E-state index in [1.54, 1.807) is 86.6 Å². The highest BCUT2D eigenvalue weighted by atomic mass is 35.5. The first-order chi connectivity index (χ1) is 44.8. The molecule has 0 spiro atoms. The molecular formula is C75H91ClN6O12S. The van der Waals surface area contributed by atoms with Gasteiger partial charge < -0.3 is 46.4 Å². The van der Waals surface area contributed by atoms with E-state index in [9.17, 15) is 24.0 Å². The summed E-state index contributed by atoms with van der Waals surface area (Å²) in [7, 11) is 1.49. The van der Waals surface area contributed by atoms with E-state index < -0.39 is 136 Å². The van der Waals surface area contributed by atoms with Crippen molar-refractivity contribution in [3.05, 3.63) is 214 Å². The SMILES string of the molecule is CN=C(N)NCCC[C@H](CC(=O)[C@@H](N)CC(=O)OC(C)(C)C)C(=O)N[C@@H](CC(=O)OC(C)(C)C)C(=O)C[C@@H](CC(=O)OC(C)(C)C)C(=O)N[C@@H](CSC(c1ccccc1)(c1ccccc1)c1ccccc1)C(=O)OC(c1ccccc1)(c1ccc(C)cc1)c1ccccc1Cl. The maximum absolute atomic E-state index is 16.2. The summed E-state index contributed by atoms with van der Waals surface area (Å²) in [6.45, 7) is 16.9. The molecule has 2 amide bonds. The molecule has 0 bridgehead atoms. The number of benzene rings is 6. The van der Waals surface area contributed by atoms with Crippen LogP contribution in [0.4, 0.5) is 0 Å². The van der Waals surface area contributed by atoms with Crippen molar-refractivity contribution in [1.82, 2.24) is 16.0 Å². The van der Waals surface area contributed by atoms with Crippen LogP contribution >= 0.6 is 23.4 Å². The number of amides is 2. The van der Waals surface area contributed by atoms with Crippen molar-refractivity contribution < 1.29 is 57.3 Å². The van der Waals surface area contributed by atoms with Crippen molar-refractivity contribution >= 4 is 76.6 Å². The molecule has 6 aromatic rings. The molecule has 0 heterocycles. The smallest absolute Gasteiger partial charge is 0.331 e. The highest BCUT2D eigenvalue weighted by molar-refractivity contribution is 8.00. The molecule has 0 radical (unpaired) electrons. The second-order valence-electron chi connectivity index (χ2n) is 26.4. The third kappa shape index (κ3) is 22.2. The van der Waals surface area contributed by atoms with Crippen molar-refractivity contribution in [3.8, 4) is 0 Å². The predicted octanol–water partition coefficient (Wildman–Crippen LogP) is 11.2. The zero-order valence-corrected chi connectivity index (χ0v) is 57.8. The van der Waals surface area contributed by atoms with Crippen molar-refractivity contribution in [2.45, 2.75) is 159 Å². The van der Waals surface area contributed by atoms with Crippen LogP contribution in [0, 0.1) is 18.8 Å². The van der Waals surface area contributed by atoms with Crippen LogP contribution in [0.1, 0.15) is 146 Å². The Morgan fingerprint density at radius 1 is 0.505 bits per heavy atom. The van der Waals surface area contributed by atoms with Gasteiger partial charge in [-0.2, -0.15) is 0 Å². The Kier molecular flexibility index (Phi) is 27.1. The zero-order valence-electron chi connectivity index (χ0n) is 56.2. The molecule has 18 nitrogen and oxygen atoms in total. The maximum atomic E-state index is 16.2. The molecule has 6 atom stereocenters. The van der Waals surface area contributed by atoms with Crippen molar-refractivity contribution in [2.75, 3.05) is 19.3 Å². The topological polar surface area (TPSA) is 274 Å². The number of thioether (sulfide) groups is 1. The number of hydrogen-bond donors (Lipinski definition) is 5. The molecule has 0 aromatic heterocycles. The highest BCUT2D eigenvalue weighted by Crippen LogP contribution is 2.50. The van der Waals surface area contributed by atoms with E-state index in [4.69, 9.17) is 42.0 Å². The minimum Gasteiger partial charge on any atom is -0.460 e. The van der Waals surface area contributed by atoms with E-state index in [1.807, 2.05) is 153 Å². The molecule has 0 aliphatic carbocycles. The van der Waals surface area contributed by atoms with Crippen LogP contribution in [-0.2, 0) is 67.7 Å². The van der Waals surface area contributed by atoms with Crippen LogP contribution in [0.2, 0.25) is 5.02 Å². The summed E-state index contributed by atoms with van der Waals surface area (Å²) in [5, 5.41) is 8.85. The molecular weight excluding hydrogens is 1240 g/mol.